The normalized spacial score (nSPS) is 12.7. The van der Waals surface area contributed by atoms with Crippen LogP contribution in [0.15, 0.2) is 0 Å². The van der Waals surface area contributed by atoms with E-state index in [9.17, 15) is 4.79 Å². The first-order chi connectivity index (χ1) is 6.10. The van der Waals surface area contributed by atoms with Crippen LogP contribution in [0.4, 0.5) is 4.79 Å². The molecule has 0 saturated carbocycles. The van der Waals surface area contributed by atoms with Crippen LogP contribution in [0.3, 0.4) is 0 Å². The van der Waals surface area contributed by atoms with Crippen LogP contribution in [0, 0.1) is 5.92 Å². The highest BCUT2D eigenvalue weighted by atomic mass is 16.3. The third kappa shape index (κ3) is 6.40. The van der Waals surface area contributed by atoms with Crippen LogP contribution in [-0.4, -0.2) is 30.3 Å². The number of hydrogen-bond donors (Lipinski definition) is 3. The molecule has 0 radical (unpaired) electrons. The van der Waals surface area contributed by atoms with Crippen LogP contribution < -0.4 is 10.6 Å². The Hall–Kier alpha value is -0.770. The van der Waals surface area contributed by atoms with Crippen LogP contribution in [0.5, 0.6) is 0 Å². The summed E-state index contributed by atoms with van der Waals surface area (Å²) in [5, 5.41) is 14.3. The van der Waals surface area contributed by atoms with Crippen molar-refractivity contribution in [2.24, 2.45) is 5.92 Å². The second kappa shape index (κ2) is 6.71. The van der Waals surface area contributed by atoms with Gasteiger partial charge in [0.1, 0.15) is 0 Å². The monoisotopic (exact) mass is 188 g/mol. The lowest BCUT2D eigenvalue weighted by Gasteiger charge is -2.18. The Labute approximate surface area is 79.7 Å². The summed E-state index contributed by atoms with van der Waals surface area (Å²) < 4.78 is 0. The molecule has 1 atom stereocenters. The quantitative estimate of drug-likeness (QED) is 0.595. The summed E-state index contributed by atoms with van der Waals surface area (Å²) >= 11 is 0. The van der Waals surface area contributed by atoms with Gasteiger partial charge in [0.25, 0.3) is 0 Å². The molecule has 0 bridgehead atoms. The molecule has 3 N–H and O–H groups in total. The first-order valence-electron chi connectivity index (χ1n) is 4.75. The Morgan fingerprint density at radius 1 is 1.46 bits per heavy atom. The fourth-order valence-electron chi connectivity index (χ4n) is 1.15. The molecule has 0 saturated heterocycles. The number of urea groups is 1. The summed E-state index contributed by atoms with van der Waals surface area (Å²) in [4.78, 5) is 11.1. The molecule has 0 unspecified atom stereocenters. The second-order valence-corrected chi connectivity index (χ2v) is 3.51. The Bertz CT molecular complexity index is 149. The van der Waals surface area contributed by atoms with Crippen molar-refractivity contribution in [3.05, 3.63) is 0 Å². The maximum atomic E-state index is 11.1. The van der Waals surface area contributed by atoms with Crippen LogP contribution in [0.1, 0.15) is 27.2 Å². The third-order valence-corrected chi connectivity index (χ3v) is 1.65. The second-order valence-electron chi connectivity index (χ2n) is 3.51. The number of hydrogen-bond acceptors (Lipinski definition) is 2. The van der Waals surface area contributed by atoms with Crippen molar-refractivity contribution in [3.8, 4) is 0 Å². The lowest BCUT2D eigenvalue weighted by Crippen LogP contribution is -2.44. The number of rotatable bonds is 5. The molecule has 0 aromatic rings. The van der Waals surface area contributed by atoms with Gasteiger partial charge in [-0.15, -0.1) is 0 Å². The summed E-state index contributed by atoms with van der Waals surface area (Å²) in [6.45, 7) is 6.57. The van der Waals surface area contributed by atoms with Gasteiger partial charge in [0.2, 0.25) is 0 Å². The summed E-state index contributed by atoms with van der Waals surface area (Å²) in [6.07, 6.45) is 0.799. The summed E-state index contributed by atoms with van der Waals surface area (Å²) in [5.74, 6) is 0.471. The predicted octanol–water partition coefficient (Wildman–Crippen LogP) is 0.712. The van der Waals surface area contributed by atoms with E-state index in [0.717, 1.165) is 6.42 Å². The Morgan fingerprint density at radius 3 is 2.46 bits per heavy atom. The van der Waals surface area contributed by atoms with Crippen LogP contribution in [0.2, 0.25) is 0 Å². The molecule has 0 fully saturated rings. The molecule has 2 amide bonds. The maximum absolute atomic E-state index is 11.1. The largest absolute Gasteiger partial charge is 0.394 e. The molecule has 0 aliphatic rings. The molecule has 4 nitrogen and oxygen atoms in total. The van der Waals surface area contributed by atoms with E-state index >= 15 is 0 Å². The van der Waals surface area contributed by atoms with Gasteiger partial charge >= 0.3 is 6.03 Å². The molecule has 13 heavy (non-hydrogen) atoms. The van der Waals surface area contributed by atoms with Crippen molar-refractivity contribution in [2.45, 2.75) is 33.2 Å². The third-order valence-electron chi connectivity index (χ3n) is 1.65. The van der Waals surface area contributed by atoms with Crippen molar-refractivity contribution in [1.29, 1.82) is 0 Å². The predicted molar refractivity (Wildman–Crippen MR) is 52.5 cm³/mol. The van der Waals surface area contributed by atoms with E-state index in [2.05, 4.69) is 24.5 Å². The van der Waals surface area contributed by atoms with Gasteiger partial charge in [-0.05, 0) is 19.3 Å². The maximum Gasteiger partial charge on any atom is 0.315 e. The lowest BCUT2D eigenvalue weighted by atomic mass is 10.0. The number of carbonyl (C=O) groups excluding carboxylic acids is 1. The molecule has 0 aromatic carbocycles. The van der Waals surface area contributed by atoms with Gasteiger partial charge < -0.3 is 15.7 Å². The fourth-order valence-corrected chi connectivity index (χ4v) is 1.15. The number of nitrogens with one attached hydrogen (secondary N) is 2. The molecule has 0 rings (SSSR count). The van der Waals surface area contributed by atoms with E-state index in [-0.39, 0.29) is 18.7 Å². The zero-order valence-electron chi connectivity index (χ0n) is 8.63. The topological polar surface area (TPSA) is 61.4 Å². The van der Waals surface area contributed by atoms with E-state index in [1.165, 1.54) is 0 Å². The standard InChI is InChI=1S/C9H20N2O2/c1-4-10-9(13)11-8(6-12)5-7(2)3/h7-8,12H,4-6H2,1-3H3,(H2,10,11,13)/t8-/m0/s1. The number of aliphatic hydroxyl groups excluding tert-OH is 1. The van der Waals surface area contributed by atoms with Crippen molar-refractivity contribution < 1.29 is 9.90 Å². The van der Waals surface area contributed by atoms with Gasteiger partial charge in [-0.25, -0.2) is 4.79 Å². The van der Waals surface area contributed by atoms with Crippen LogP contribution in [0.25, 0.3) is 0 Å². The average Bonchev–Trinajstić information content (AvgIpc) is 2.02. The smallest absolute Gasteiger partial charge is 0.315 e. The Kier molecular flexibility index (Phi) is 6.32. The summed E-state index contributed by atoms with van der Waals surface area (Å²) in [6, 6.07) is -0.339. The van der Waals surface area contributed by atoms with Gasteiger partial charge in [0, 0.05) is 6.54 Å². The molecule has 0 aromatic heterocycles. The lowest BCUT2D eigenvalue weighted by molar-refractivity contribution is 0.207. The minimum atomic E-state index is -0.206. The molecule has 0 aliphatic carbocycles. The molecular formula is C9H20N2O2. The zero-order chi connectivity index (χ0) is 10.3. The van der Waals surface area contributed by atoms with Crippen molar-refractivity contribution in [1.82, 2.24) is 10.6 Å². The van der Waals surface area contributed by atoms with E-state index in [0.29, 0.717) is 12.5 Å². The summed E-state index contributed by atoms with van der Waals surface area (Å²) in [7, 11) is 0. The highest BCUT2D eigenvalue weighted by molar-refractivity contribution is 5.74. The van der Waals surface area contributed by atoms with Crippen LogP contribution >= 0.6 is 0 Å². The van der Waals surface area contributed by atoms with Crippen LogP contribution in [-0.2, 0) is 0 Å². The Morgan fingerprint density at radius 2 is 2.08 bits per heavy atom. The number of carbonyl (C=O) groups is 1. The van der Waals surface area contributed by atoms with Gasteiger partial charge in [-0.2, -0.15) is 0 Å². The molecular weight excluding hydrogens is 168 g/mol. The SMILES string of the molecule is CCNC(=O)N[C@H](CO)CC(C)C. The molecule has 78 valence electrons. The minimum Gasteiger partial charge on any atom is -0.394 e. The molecule has 0 spiro atoms. The minimum absolute atomic E-state index is 0.00465. The summed E-state index contributed by atoms with van der Waals surface area (Å²) in [5.41, 5.74) is 0. The van der Waals surface area contributed by atoms with E-state index < -0.39 is 0 Å². The van der Waals surface area contributed by atoms with Crippen molar-refractivity contribution in [3.63, 3.8) is 0 Å². The van der Waals surface area contributed by atoms with Crippen molar-refractivity contribution >= 4 is 6.03 Å². The fraction of sp³-hybridized carbons (Fsp3) is 0.889. The van der Waals surface area contributed by atoms with Gasteiger partial charge in [-0.3, -0.25) is 0 Å². The van der Waals surface area contributed by atoms with E-state index in [4.69, 9.17) is 5.11 Å². The average molecular weight is 188 g/mol. The molecule has 0 heterocycles. The van der Waals surface area contributed by atoms with Crippen molar-refractivity contribution in [2.75, 3.05) is 13.2 Å². The highest BCUT2D eigenvalue weighted by Gasteiger charge is 2.11. The zero-order valence-corrected chi connectivity index (χ0v) is 8.63. The highest BCUT2D eigenvalue weighted by Crippen LogP contribution is 2.03. The first kappa shape index (κ1) is 12.2. The number of aliphatic hydroxyl groups is 1. The molecule has 0 aliphatic heterocycles. The number of amides is 2. The van der Waals surface area contributed by atoms with E-state index in [1.807, 2.05) is 6.92 Å². The van der Waals surface area contributed by atoms with Gasteiger partial charge in [-0.1, -0.05) is 13.8 Å². The van der Waals surface area contributed by atoms with E-state index in [1.54, 1.807) is 0 Å². The Balaban J connectivity index is 3.76. The van der Waals surface area contributed by atoms with Gasteiger partial charge in [0.05, 0.1) is 12.6 Å². The van der Waals surface area contributed by atoms with Gasteiger partial charge in [0.15, 0.2) is 0 Å². The molecule has 4 heteroatoms. The first-order valence-corrected chi connectivity index (χ1v) is 4.75.